The maximum Gasteiger partial charge on any atom is 0.193 e. The van der Waals surface area contributed by atoms with Gasteiger partial charge >= 0.3 is 0 Å². The largest absolute Gasteiger partial charge is 0.374 e. The van der Waals surface area contributed by atoms with Crippen molar-refractivity contribution < 1.29 is 9.53 Å². The fourth-order valence-electron chi connectivity index (χ4n) is 1.04. The van der Waals surface area contributed by atoms with Crippen LogP contribution in [0.15, 0.2) is 22.7 Å². The van der Waals surface area contributed by atoms with Crippen molar-refractivity contribution in [2.24, 2.45) is 0 Å². The summed E-state index contributed by atoms with van der Waals surface area (Å²) in [5.41, 5.74) is 0.475. The normalized spacial score (nSPS) is 12.6. The van der Waals surface area contributed by atoms with Gasteiger partial charge in [-0.3, -0.25) is 4.79 Å². The number of Topliss-reactive ketones (excluding diaryl/α,β-unsaturated/α-hetero) is 1. The molecule has 0 heterocycles. The number of rotatable bonds is 3. The third kappa shape index (κ3) is 2.35. The van der Waals surface area contributed by atoms with Crippen LogP contribution < -0.4 is 0 Å². The maximum absolute atomic E-state index is 11.8. The summed E-state index contributed by atoms with van der Waals surface area (Å²) in [5, 5.41) is 0.438. The van der Waals surface area contributed by atoms with E-state index >= 15 is 0 Å². The Morgan fingerprint density at radius 2 is 2.21 bits per heavy atom. The molecule has 1 unspecified atom stereocenters. The van der Waals surface area contributed by atoms with Crippen LogP contribution in [0, 0.1) is 0 Å². The van der Waals surface area contributed by atoms with Crippen molar-refractivity contribution in [3.05, 3.63) is 33.3 Å². The zero-order valence-electron chi connectivity index (χ0n) is 7.88. The van der Waals surface area contributed by atoms with Crippen LogP contribution >= 0.6 is 27.5 Å². The average Bonchev–Trinajstić information content (AvgIpc) is 2.16. The van der Waals surface area contributed by atoms with Crippen LogP contribution in [-0.4, -0.2) is 19.0 Å². The molecule has 4 heteroatoms. The van der Waals surface area contributed by atoms with E-state index in [0.717, 1.165) is 0 Å². The minimum absolute atomic E-state index is 0.120. The predicted molar refractivity (Wildman–Crippen MR) is 60.0 cm³/mol. The summed E-state index contributed by atoms with van der Waals surface area (Å²) in [5.74, 6) is -0.120. The van der Waals surface area contributed by atoms with E-state index in [1.54, 1.807) is 25.1 Å². The SMILES string of the molecule is COC(C)C(=O)c1c(Cl)cccc1Br. The van der Waals surface area contributed by atoms with Gasteiger partial charge in [-0.2, -0.15) is 0 Å². The van der Waals surface area contributed by atoms with Crippen molar-refractivity contribution in [2.75, 3.05) is 7.11 Å². The number of ketones is 1. The second kappa shape index (κ2) is 4.91. The highest BCUT2D eigenvalue weighted by molar-refractivity contribution is 9.10. The molecule has 0 aliphatic rings. The maximum atomic E-state index is 11.8. The van der Waals surface area contributed by atoms with E-state index in [2.05, 4.69) is 15.9 Å². The molecule has 1 rings (SSSR count). The second-order valence-corrected chi connectivity index (χ2v) is 4.10. The van der Waals surface area contributed by atoms with Crippen LogP contribution in [0.3, 0.4) is 0 Å². The number of hydrogen-bond donors (Lipinski definition) is 0. The molecule has 1 aromatic rings. The molecule has 0 amide bonds. The first-order valence-corrected chi connectivity index (χ1v) is 5.26. The fourth-order valence-corrected chi connectivity index (χ4v) is 1.99. The first-order chi connectivity index (χ1) is 6.57. The number of methoxy groups -OCH3 is 1. The van der Waals surface area contributed by atoms with E-state index in [1.807, 2.05) is 0 Å². The molecule has 0 aliphatic carbocycles. The molecule has 0 aliphatic heterocycles. The van der Waals surface area contributed by atoms with Gasteiger partial charge in [0, 0.05) is 11.6 Å². The number of carbonyl (C=O) groups excluding carboxylic acids is 1. The van der Waals surface area contributed by atoms with Crippen LogP contribution in [-0.2, 0) is 4.74 Å². The van der Waals surface area contributed by atoms with Gasteiger partial charge in [0.15, 0.2) is 5.78 Å². The van der Waals surface area contributed by atoms with E-state index in [4.69, 9.17) is 16.3 Å². The number of ether oxygens (including phenoxy) is 1. The van der Waals surface area contributed by atoms with Crippen molar-refractivity contribution in [3.63, 3.8) is 0 Å². The Bertz CT molecular complexity index is 332. The van der Waals surface area contributed by atoms with Gasteiger partial charge in [-0.15, -0.1) is 0 Å². The summed E-state index contributed by atoms with van der Waals surface area (Å²) in [6.07, 6.45) is -0.480. The molecule has 1 aromatic carbocycles. The molecule has 14 heavy (non-hydrogen) atoms. The van der Waals surface area contributed by atoms with Crippen molar-refractivity contribution in [1.29, 1.82) is 0 Å². The van der Waals surface area contributed by atoms with Gasteiger partial charge in [-0.1, -0.05) is 17.7 Å². The van der Waals surface area contributed by atoms with Crippen LogP contribution in [0.5, 0.6) is 0 Å². The Labute approximate surface area is 96.3 Å². The molecular weight excluding hydrogens is 267 g/mol. The number of carbonyl (C=O) groups is 1. The number of halogens is 2. The minimum Gasteiger partial charge on any atom is -0.374 e. The van der Waals surface area contributed by atoms with Crippen LogP contribution in [0.4, 0.5) is 0 Å². The summed E-state index contributed by atoms with van der Waals surface area (Å²) in [6, 6.07) is 5.24. The molecule has 0 aromatic heterocycles. The van der Waals surface area contributed by atoms with Gasteiger partial charge in [-0.05, 0) is 35.0 Å². The van der Waals surface area contributed by atoms with Gasteiger partial charge in [0.1, 0.15) is 6.10 Å². The molecule has 76 valence electrons. The summed E-state index contributed by atoms with van der Waals surface area (Å²) >= 11 is 9.20. The van der Waals surface area contributed by atoms with Gasteiger partial charge < -0.3 is 4.74 Å². The molecule has 1 atom stereocenters. The minimum atomic E-state index is -0.480. The zero-order chi connectivity index (χ0) is 10.7. The Hall–Kier alpha value is -0.380. The van der Waals surface area contributed by atoms with Gasteiger partial charge in [0.05, 0.1) is 10.6 Å². The standard InChI is InChI=1S/C10H10BrClO2/c1-6(14-2)10(13)9-7(11)4-3-5-8(9)12/h3-6H,1-2H3. The fraction of sp³-hybridized carbons (Fsp3) is 0.300. The lowest BCUT2D eigenvalue weighted by Gasteiger charge is -2.10. The molecule has 2 nitrogen and oxygen atoms in total. The Balaban J connectivity index is 3.12. The summed E-state index contributed by atoms with van der Waals surface area (Å²) in [7, 11) is 1.49. The Morgan fingerprint density at radius 1 is 1.57 bits per heavy atom. The highest BCUT2D eigenvalue weighted by atomic mass is 79.9. The molecule has 0 radical (unpaired) electrons. The molecule has 0 N–H and O–H groups in total. The van der Waals surface area contributed by atoms with Crippen molar-refractivity contribution in [1.82, 2.24) is 0 Å². The zero-order valence-corrected chi connectivity index (χ0v) is 10.2. The summed E-state index contributed by atoms with van der Waals surface area (Å²) in [4.78, 5) is 11.8. The van der Waals surface area contributed by atoms with E-state index in [1.165, 1.54) is 7.11 Å². The first kappa shape index (κ1) is 11.7. The summed E-state index contributed by atoms with van der Waals surface area (Å²) < 4.78 is 5.64. The quantitative estimate of drug-likeness (QED) is 0.792. The first-order valence-electron chi connectivity index (χ1n) is 4.09. The molecule has 0 spiro atoms. The average molecular weight is 278 g/mol. The van der Waals surface area contributed by atoms with Crippen molar-refractivity contribution >= 4 is 33.3 Å². The Kier molecular flexibility index (Phi) is 4.11. The van der Waals surface area contributed by atoms with Crippen LogP contribution in [0.1, 0.15) is 17.3 Å². The lowest BCUT2D eigenvalue weighted by atomic mass is 10.1. The highest BCUT2D eigenvalue weighted by Gasteiger charge is 2.19. The highest BCUT2D eigenvalue weighted by Crippen LogP contribution is 2.26. The van der Waals surface area contributed by atoms with Crippen LogP contribution in [0.25, 0.3) is 0 Å². The van der Waals surface area contributed by atoms with E-state index < -0.39 is 6.10 Å². The Morgan fingerprint density at radius 3 is 2.71 bits per heavy atom. The van der Waals surface area contributed by atoms with Crippen LogP contribution in [0.2, 0.25) is 5.02 Å². The number of hydrogen-bond acceptors (Lipinski definition) is 2. The molecular formula is C10H10BrClO2. The molecule has 0 saturated heterocycles. The van der Waals surface area contributed by atoms with Gasteiger partial charge in [0.2, 0.25) is 0 Å². The van der Waals surface area contributed by atoms with Gasteiger partial charge in [0.25, 0.3) is 0 Å². The molecule has 0 saturated carbocycles. The van der Waals surface area contributed by atoms with Crippen molar-refractivity contribution in [2.45, 2.75) is 13.0 Å². The second-order valence-electron chi connectivity index (χ2n) is 2.84. The molecule has 0 bridgehead atoms. The predicted octanol–water partition coefficient (Wildman–Crippen LogP) is 3.32. The van der Waals surface area contributed by atoms with E-state index in [0.29, 0.717) is 15.1 Å². The summed E-state index contributed by atoms with van der Waals surface area (Å²) in [6.45, 7) is 1.69. The lowest BCUT2D eigenvalue weighted by molar-refractivity contribution is 0.0655. The van der Waals surface area contributed by atoms with E-state index in [9.17, 15) is 4.79 Å². The monoisotopic (exact) mass is 276 g/mol. The van der Waals surface area contributed by atoms with Crippen molar-refractivity contribution in [3.8, 4) is 0 Å². The third-order valence-electron chi connectivity index (χ3n) is 1.93. The topological polar surface area (TPSA) is 26.3 Å². The van der Waals surface area contributed by atoms with E-state index in [-0.39, 0.29) is 5.78 Å². The van der Waals surface area contributed by atoms with Gasteiger partial charge in [-0.25, -0.2) is 0 Å². The smallest absolute Gasteiger partial charge is 0.193 e. The third-order valence-corrected chi connectivity index (χ3v) is 2.91. The molecule has 0 fully saturated rings. The lowest BCUT2D eigenvalue weighted by Crippen LogP contribution is -2.19. The number of benzene rings is 1.